The number of carbonyl (C=O) groups excluding carboxylic acids is 1. The van der Waals surface area contributed by atoms with E-state index in [0.29, 0.717) is 28.3 Å². The van der Waals surface area contributed by atoms with Crippen LogP contribution in [0, 0.1) is 5.82 Å². The van der Waals surface area contributed by atoms with Gasteiger partial charge in [0.2, 0.25) is 0 Å². The van der Waals surface area contributed by atoms with Gasteiger partial charge in [-0.2, -0.15) is 5.10 Å². The Kier molecular flexibility index (Phi) is 8.35. The Bertz CT molecular complexity index is 1340. The zero-order valence-corrected chi connectivity index (χ0v) is 21.2. The number of carbonyl (C=O) groups is 1. The van der Waals surface area contributed by atoms with Crippen molar-refractivity contribution in [3.05, 3.63) is 101 Å². The summed E-state index contributed by atoms with van der Waals surface area (Å²) in [6.07, 6.45) is 0. The molecule has 1 amide bonds. The molecule has 0 unspecified atom stereocenters. The van der Waals surface area contributed by atoms with E-state index >= 15 is 0 Å². The van der Waals surface area contributed by atoms with Gasteiger partial charge in [-0.15, -0.1) is 10.2 Å². The third-order valence-corrected chi connectivity index (χ3v) is 6.55. The number of aromatic nitrogens is 3. The van der Waals surface area contributed by atoms with Crippen LogP contribution in [0.5, 0.6) is 0 Å². The summed E-state index contributed by atoms with van der Waals surface area (Å²) in [6.45, 7) is 3.95. The lowest BCUT2D eigenvalue weighted by Crippen LogP contribution is -2.28. The zero-order chi connectivity index (χ0) is 25.5. The van der Waals surface area contributed by atoms with Gasteiger partial charge in [0, 0.05) is 16.4 Å². The zero-order valence-electron chi connectivity index (χ0n) is 19.7. The van der Waals surface area contributed by atoms with E-state index in [4.69, 9.17) is 11.6 Å². The Labute approximate surface area is 217 Å². The predicted octanol–water partition coefficient (Wildman–Crippen LogP) is 5.69. The molecular weight excluding hydrogens is 499 g/mol. The second-order valence-electron chi connectivity index (χ2n) is 7.87. The number of rotatable bonds is 9. The number of para-hydroxylation sites is 1. The van der Waals surface area contributed by atoms with Gasteiger partial charge in [0.05, 0.1) is 17.5 Å². The van der Waals surface area contributed by atoms with Gasteiger partial charge in [-0.05, 0) is 67.9 Å². The standard InChI is InChI=1S/C26H24ClFN6OS/c1-17(19-8-12-21(28)13-9-19)30-32-25(35)18(2)36-26-33-31-24(34(26)23-6-4-3-5-7-23)16-29-22-14-10-20(27)11-15-22/h3-15,18,29H,16H2,1-2H3,(H,32,35)/b30-17+/t18-/m0/s1. The maximum absolute atomic E-state index is 13.1. The van der Waals surface area contributed by atoms with E-state index in [-0.39, 0.29) is 11.7 Å². The van der Waals surface area contributed by atoms with Crippen molar-refractivity contribution in [3.8, 4) is 5.69 Å². The highest BCUT2D eigenvalue weighted by Gasteiger charge is 2.21. The fraction of sp³-hybridized carbons (Fsp3) is 0.154. The maximum Gasteiger partial charge on any atom is 0.253 e. The molecule has 0 saturated heterocycles. The summed E-state index contributed by atoms with van der Waals surface area (Å²) in [4.78, 5) is 12.8. The first-order valence-corrected chi connectivity index (χ1v) is 12.4. The first-order chi connectivity index (χ1) is 17.4. The minimum absolute atomic E-state index is 0.287. The Balaban J connectivity index is 1.48. The Morgan fingerprint density at radius 1 is 1.06 bits per heavy atom. The molecule has 0 aliphatic carbocycles. The molecule has 4 rings (SSSR count). The maximum atomic E-state index is 13.1. The number of hydrogen-bond acceptors (Lipinski definition) is 6. The minimum Gasteiger partial charge on any atom is -0.378 e. The Morgan fingerprint density at radius 3 is 2.44 bits per heavy atom. The van der Waals surface area contributed by atoms with Crippen LogP contribution >= 0.6 is 23.4 Å². The molecule has 0 fully saturated rings. The summed E-state index contributed by atoms with van der Waals surface area (Å²) in [5.74, 6) is 0.0761. The lowest BCUT2D eigenvalue weighted by atomic mass is 10.1. The van der Waals surface area contributed by atoms with E-state index in [0.717, 1.165) is 16.9 Å². The molecule has 0 aliphatic heterocycles. The molecule has 1 aromatic heterocycles. The second kappa shape index (κ2) is 11.8. The Morgan fingerprint density at radius 2 is 1.75 bits per heavy atom. The molecule has 1 atom stereocenters. The number of nitrogens with one attached hydrogen (secondary N) is 2. The van der Waals surface area contributed by atoms with Crippen molar-refractivity contribution in [2.45, 2.75) is 30.8 Å². The third-order valence-electron chi connectivity index (χ3n) is 5.26. The summed E-state index contributed by atoms with van der Waals surface area (Å²) >= 11 is 7.26. The van der Waals surface area contributed by atoms with E-state index in [1.54, 1.807) is 26.0 Å². The molecule has 0 saturated carbocycles. The monoisotopic (exact) mass is 522 g/mol. The molecule has 0 spiro atoms. The normalized spacial score (nSPS) is 12.3. The van der Waals surface area contributed by atoms with E-state index in [1.165, 1.54) is 23.9 Å². The van der Waals surface area contributed by atoms with Gasteiger partial charge in [0.25, 0.3) is 5.91 Å². The highest BCUT2D eigenvalue weighted by molar-refractivity contribution is 8.00. The van der Waals surface area contributed by atoms with Crippen LogP contribution in [0.25, 0.3) is 5.69 Å². The topological polar surface area (TPSA) is 84.2 Å². The largest absolute Gasteiger partial charge is 0.378 e. The number of amides is 1. The molecular formula is C26H24ClFN6OS. The molecule has 3 aromatic carbocycles. The molecule has 0 radical (unpaired) electrons. The molecule has 4 aromatic rings. The number of benzene rings is 3. The van der Waals surface area contributed by atoms with Crippen LogP contribution in [0.3, 0.4) is 0 Å². The molecule has 10 heteroatoms. The molecule has 2 N–H and O–H groups in total. The van der Waals surface area contributed by atoms with Crippen LogP contribution in [0.15, 0.2) is 89.1 Å². The number of nitrogens with zero attached hydrogens (tertiary/aromatic N) is 4. The van der Waals surface area contributed by atoms with Gasteiger partial charge in [-0.1, -0.05) is 53.7 Å². The quantitative estimate of drug-likeness (QED) is 0.167. The average molecular weight is 523 g/mol. The van der Waals surface area contributed by atoms with Gasteiger partial charge in [0.15, 0.2) is 11.0 Å². The lowest BCUT2D eigenvalue weighted by Gasteiger charge is -2.13. The van der Waals surface area contributed by atoms with Gasteiger partial charge < -0.3 is 5.32 Å². The lowest BCUT2D eigenvalue weighted by molar-refractivity contribution is -0.120. The van der Waals surface area contributed by atoms with Crippen LogP contribution < -0.4 is 10.7 Å². The van der Waals surface area contributed by atoms with Gasteiger partial charge in [0.1, 0.15) is 5.82 Å². The van der Waals surface area contributed by atoms with Crippen LogP contribution in [-0.2, 0) is 11.3 Å². The van der Waals surface area contributed by atoms with Crippen molar-refractivity contribution in [3.63, 3.8) is 0 Å². The van der Waals surface area contributed by atoms with Crippen LogP contribution in [0.2, 0.25) is 5.02 Å². The van der Waals surface area contributed by atoms with E-state index in [1.807, 2.05) is 59.2 Å². The second-order valence-corrected chi connectivity index (χ2v) is 9.61. The molecule has 36 heavy (non-hydrogen) atoms. The SMILES string of the molecule is C/C(=N\NC(=O)[C@H](C)Sc1nnc(CNc2ccc(Cl)cc2)n1-c1ccccc1)c1ccc(F)cc1. The predicted molar refractivity (Wildman–Crippen MR) is 142 cm³/mol. The third kappa shape index (κ3) is 6.50. The number of hydrazone groups is 1. The van der Waals surface area contributed by atoms with E-state index in [9.17, 15) is 9.18 Å². The highest BCUT2D eigenvalue weighted by atomic mass is 35.5. The van der Waals surface area contributed by atoms with Gasteiger partial charge >= 0.3 is 0 Å². The van der Waals surface area contributed by atoms with Crippen LogP contribution in [-0.4, -0.2) is 31.6 Å². The van der Waals surface area contributed by atoms with Crippen molar-refractivity contribution in [2.24, 2.45) is 5.10 Å². The number of hydrogen-bond donors (Lipinski definition) is 2. The van der Waals surface area contributed by atoms with Crippen molar-refractivity contribution in [1.29, 1.82) is 0 Å². The summed E-state index contributed by atoms with van der Waals surface area (Å²) in [7, 11) is 0. The first-order valence-electron chi connectivity index (χ1n) is 11.2. The first kappa shape index (κ1) is 25.4. The molecule has 1 heterocycles. The fourth-order valence-corrected chi connectivity index (χ4v) is 4.28. The molecule has 0 bridgehead atoms. The van der Waals surface area contributed by atoms with Gasteiger partial charge in [-0.25, -0.2) is 9.82 Å². The number of thioether (sulfide) groups is 1. The van der Waals surface area contributed by atoms with Crippen molar-refractivity contribution in [2.75, 3.05) is 5.32 Å². The smallest absolute Gasteiger partial charge is 0.253 e. The molecule has 0 aliphatic rings. The van der Waals surface area contributed by atoms with Crippen molar-refractivity contribution >= 4 is 40.7 Å². The van der Waals surface area contributed by atoms with E-state index in [2.05, 4.69) is 26.0 Å². The highest BCUT2D eigenvalue weighted by Crippen LogP contribution is 2.26. The summed E-state index contributed by atoms with van der Waals surface area (Å²) in [6, 6.07) is 23.1. The number of halogens is 2. The Hall–Kier alpha value is -3.69. The summed E-state index contributed by atoms with van der Waals surface area (Å²) < 4.78 is 15.1. The number of anilines is 1. The van der Waals surface area contributed by atoms with Gasteiger partial charge in [-0.3, -0.25) is 9.36 Å². The fourth-order valence-electron chi connectivity index (χ4n) is 3.27. The van der Waals surface area contributed by atoms with Crippen LogP contribution in [0.4, 0.5) is 10.1 Å². The summed E-state index contributed by atoms with van der Waals surface area (Å²) in [5.41, 5.74) is 5.67. The minimum atomic E-state index is -0.501. The molecule has 184 valence electrons. The average Bonchev–Trinajstić information content (AvgIpc) is 3.29. The van der Waals surface area contributed by atoms with Crippen LogP contribution in [0.1, 0.15) is 25.2 Å². The van der Waals surface area contributed by atoms with E-state index < -0.39 is 5.25 Å². The van der Waals surface area contributed by atoms with Crippen molar-refractivity contribution in [1.82, 2.24) is 20.2 Å². The van der Waals surface area contributed by atoms with Crippen molar-refractivity contribution < 1.29 is 9.18 Å². The molecule has 7 nitrogen and oxygen atoms in total. The summed E-state index contributed by atoms with van der Waals surface area (Å²) in [5, 5.41) is 17.0.